The number of nitrogens with zero attached hydrogens (tertiary/aromatic N) is 2. The van der Waals surface area contributed by atoms with Crippen LogP contribution in [-0.2, 0) is 0 Å². The normalized spacial score (nSPS) is 11.0. The molecule has 2 rings (SSSR count). The molecule has 0 bridgehead atoms. The van der Waals surface area contributed by atoms with E-state index >= 15 is 0 Å². The lowest BCUT2D eigenvalue weighted by molar-refractivity contribution is -0.384. The Bertz CT molecular complexity index is 711. The predicted molar refractivity (Wildman–Crippen MR) is 85.7 cm³/mol. The number of hydrogen-bond donors (Lipinski definition) is 0. The van der Waals surface area contributed by atoms with Gasteiger partial charge in [0, 0.05) is 18.3 Å². The van der Waals surface area contributed by atoms with Gasteiger partial charge in [0.05, 0.1) is 10.6 Å². The van der Waals surface area contributed by atoms with Gasteiger partial charge in [-0.05, 0) is 56.0 Å². The monoisotopic (exact) mass is 282 g/mol. The molecule has 0 radical (unpaired) electrons. The van der Waals surface area contributed by atoms with Crippen LogP contribution in [0.2, 0.25) is 0 Å². The average Bonchev–Trinajstić information content (AvgIpc) is 2.38. The highest BCUT2D eigenvalue weighted by atomic mass is 16.6. The fraction of sp³-hybridized carbons (Fsp3) is 0.235. The van der Waals surface area contributed by atoms with Crippen LogP contribution in [0.1, 0.15) is 27.8 Å². The van der Waals surface area contributed by atoms with Gasteiger partial charge in [-0.1, -0.05) is 17.7 Å². The van der Waals surface area contributed by atoms with Gasteiger partial charge >= 0.3 is 0 Å². The van der Waals surface area contributed by atoms with Crippen LogP contribution >= 0.6 is 0 Å². The van der Waals surface area contributed by atoms with Crippen molar-refractivity contribution >= 4 is 17.6 Å². The van der Waals surface area contributed by atoms with Crippen LogP contribution in [0.5, 0.6) is 0 Å². The van der Waals surface area contributed by atoms with Crippen molar-refractivity contribution in [2.24, 2.45) is 4.99 Å². The van der Waals surface area contributed by atoms with Crippen molar-refractivity contribution in [2.75, 3.05) is 0 Å². The summed E-state index contributed by atoms with van der Waals surface area (Å²) in [5.74, 6) is 0. The number of aliphatic imine (C=N–C) groups is 1. The minimum absolute atomic E-state index is 0.0918. The lowest BCUT2D eigenvalue weighted by Gasteiger charge is -2.07. The number of benzene rings is 2. The first-order valence-corrected chi connectivity index (χ1v) is 6.75. The van der Waals surface area contributed by atoms with E-state index in [1.54, 1.807) is 12.1 Å². The zero-order valence-corrected chi connectivity index (χ0v) is 12.7. The Hall–Kier alpha value is -2.49. The Kier molecular flexibility index (Phi) is 4.17. The first-order valence-electron chi connectivity index (χ1n) is 6.75. The van der Waals surface area contributed by atoms with Crippen molar-refractivity contribution in [3.63, 3.8) is 0 Å². The molecule has 0 saturated heterocycles. The summed E-state index contributed by atoms with van der Waals surface area (Å²) in [7, 11) is 0. The first kappa shape index (κ1) is 14.9. The molecule has 0 unspecified atom stereocenters. The van der Waals surface area contributed by atoms with E-state index < -0.39 is 4.92 Å². The highest BCUT2D eigenvalue weighted by molar-refractivity contribution is 5.86. The molecule has 0 aliphatic carbocycles. The average molecular weight is 282 g/mol. The molecule has 21 heavy (non-hydrogen) atoms. The maximum Gasteiger partial charge on any atom is 0.269 e. The zero-order valence-electron chi connectivity index (χ0n) is 12.7. The van der Waals surface area contributed by atoms with Gasteiger partial charge in [-0.25, -0.2) is 0 Å². The molecule has 108 valence electrons. The van der Waals surface area contributed by atoms with Crippen molar-refractivity contribution in [3.05, 3.63) is 68.3 Å². The minimum atomic E-state index is -0.394. The summed E-state index contributed by atoms with van der Waals surface area (Å²) in [4.78, 5) is 14.8. The van der Waals surface area contributed by atoms with E-state index in [0.717, 1.165) is 16.8 Å². The van der Waals surface area contributed by atoms with Gasteiger partial charge in [0.25, 0.3) is 5.69 Å². The Labute approximate surface area is 124 Å². The maximum absolute atomic E-state index is 10.7. The third-order valence-corrected chi connectivity index (χ3v) is 3.46. The second-order valence-electron chi connectivity index (χ2n) is 5.30. The van der Waals surface area contributed by atoms with Gasteiger partial charge in [-0.2, -0.15) is 0 Å². The molecule has 0 aliphatic heterocycles. The fourth-order valence-corrected chi connectivity index (χ4v) is 2.43. The summed E-state index contributed by atoms with van der Waals surface area (Å²) < 4.78 is 0. The lowest BCUT2D eigenvalue weighted by atomic mass is 10.0. The molecule has 0 aliphatic rings. The van der Waals surface area contributed by atoms with Gasteiger partial charge in [0.1, 0.15) is 0 Å². The molecular formula is C17H18N2O2. The van der Waals surface area contributed by atoms with Crippen LogP contribution in [0, 0.1) is 37.8 Å². The summed E-state index contributed by atoms with van der Waals surface area (Å²) in [6, 6.07) is 8.95. The van der Waals surface area contributed by atoms with E-state index in [1.807, 2.05) is 13.1 Å². The molecule has 4 nitrogen and oxygen atoms in total. The number of aryl methyl sites for hydroxylation is 4. The smallest absolute Gasteiger partial charge is 0.258 e. The van der Waals surface area contributed by atoms with Crippen LogP contribution < -0.4 is 0 Å². The molecule has 0 saturated carbocycles. The number of nitro groups is 1. The Balaban J connectivity index is 2.36. The molecule has 4 heteroatoms. The number of rotatable bonds is 3. The lowest BCUT2D eigenvalue weighted by Crippen LogP contribution is -1.93. The number of non-ortho nitro benzene ring substituents is 1. The van der Waals surface area contributed by atoms with Crippen LogP contribution in [-0.4, -0.2) is 11.1 Å². The third-order valence-electron chi connectivity index (χ3n) is 3.46. The van der Waals surface area contributed by atoms with Crippen molar-refractivity contribution in [1.29, 1.82) is 0 Å². The second kappa shape index (κ2) is 5.87. The minimum Gasteiger partial charge on any atom is -0.258 e. The van der Waals surface area contributed by atoms with Crippen LogP contribution in [0.3, 0.4) is 0 Å². The summed E-state index contributed by atoms with van der Waals surface area (Å²) in [6.45, 7) is 8.02. The van der Waals surface area contributed by atoms with Crippen molar-refractivity contribution < 1.29 is 4.92 Å². The highest BCUT2D eigenvalue weighted by Gasteiger charge is 2.07. The van der Waals surface area contributed by atoms with Crippen molar-refractivity contribution in [1.82, 2.24) is 0 Å². The van der Waals surface area contributed by atoms with E-state index in [0.29, 0.717) is 0 Å². The summed E-state index contributed by atoms with van der Waals surface area (Å²) in [5, 5.41) is 10.7. The fourth-order valence-electron chi connectivity index (χ4n) is 2.43. The molecule has 0 fully saturated rings. The van der Waals surface area contributed by atoms with Crippen molar-refractivity contribution in [3.8, 4) is 0 Å². The molecule has 0 heterocycles. The molecular weight excluding hydrogens is 264 g/mol. The van der Waals surface area contributed by atoms with E-state index in [4.69, 9.17) is 0 Å². The summed E-state index contributed by atoms with van der Waals surface area (Å²) in [5.41, 5.74) is 6.32. The SMILES string of the molecule is Cc1cc(C)c(C=Nc2ccc([N+](=O)[O-])cc2C)c(C)c1. The van der Waals surface area contributed by atoms with Gasteiger partial charge in [0.15, 0.2) is 0 Å². The largest absolute Gasteiger partial charge is 0.269 e. The van der Waals surface area contributed by atoms with Crippen LogP contribution in [0.25, 0.3) is 0 Å². The van der Waals surface area contributed by atoms with Crippen molar-refractivity contribution in [2.45, 2.75) is 27.7 Å². The Morgan fingerprint density at radius 2 is 1.62 bits per heavy atom. The molecule has 0 amide bonds. The van der Waals surface area contributed by atoms with E-state index in [1.165, 1.54) is 22.8 Å². The molecule has 0 N–H and O–H groups in total. The third kappa shape index (κ3) is 3.34. The molecule has 0 atom stereocenters. The van der Waals surface area contributed by atoms with Gasteiger partial charge in [0.2, 0.25) is 0 Å². The Morgan fingerprint density at radius 3 is 2.14 bits per heavy atom. The van der Waals surface area contributed by atoms with Gasteiger partial charge in [-0.15, -0.1) is 0 Å². The van der Waals surface area contributed by atoms with Gasteiger partial charge < -0.3 is 0 Å². The topological polar surface area (TPSA) is 55.5 Å². The summed E-state index contributed by atoms with van der Waals surface area (Å²) >= 11 is 0. The standard InChI is InChI=1S/C17H18N2O2/c1-11-7-12(2)16(13(3)8-11)10-18-17-6-5-15(19(20)21)9-14(17)4/h5-10H,1-4H3. The zero-order chi connectivity index (χ0) is 15.6. The maximum atomic E-state index is 10.7. The molecule has 0 spiro atoms. The molecule has 2 aromatic rings. The summed E-state index contributed by atoms with van der Waals surface area (Å²) in [6.07, 6.45) is 1.83. The first-order chi connectivity index (χ1) is 9.88. The van der Waals surface area contributed by atoms with Crippen LogP contribution in [0.15, 0.2) is 35.3 Å². The number of hydrogen-bond acceptors (Lipinski definition) is 3. The number of nitro benzene ring substituents is 1. The Morgan fingerprint density at radius 1 is 1.00 bits per heavy atom. The quantitative estimate of drug-likeness (QED) is 0.470. The predicted octanol–water partition coefficient (Wildman–Crippen LogP) is 4.58. The second-order valence-corrected chi connectivity index (χ2v) is 5.30. The highest BCUT2D eigenvalue weighted by Crippen LogP contribution is 2.24. The van der Waals surface area contributed by atoms with E-state index in [2.05, 4.69) is 37.9 Å². The van der Waals surface area contributed by atoms with Gasteiger partial charge in [-0.3, -0.25) is 15.1 Å². The molecule has 2 aromatic carbocycles. The van der Waals surface area contributed by atoms with Crippen LogP contribution in [0.4, 0.5) is 11.4 Å². The molecule has 0 aromatic heterocycles. The van der Waals surface area contributed by atoms with E-state index in [9.17, 15) is 10.1 Å². The van der Waals surface area contributed by atoms with E-state index in [-0.39, 0.29) is 5.69 Å².